The van der Waals surface area contributed by atoms with Gasteiger partial charge in [-0.25, -0.2) is 0 Å². The van der Waals surface area contributed by atoms with Gasteiger partial charge >= 0.3 is 0 Å². The van der Waals surface area contributed by atoms with Crippen LogP contribution in [0.5, 0.6) is 5.75 Å². The van der Waals surface area contributed by atoms with Gasteiger partial charge in [-0.05, 0) is 55.2 Å². The minimum absolute atomic E-state index is 0.0860. The van der Waals surface area contributed by atoms with Crippen molar-refractivity contribution < 1.29 is 14.3 Å². The summed E-state index contributed by atoms with van der Waals surface area (Å²) in [5.41, 5.74) is 4.21. The molecule has 2 amide bonds. The molecule has 0 radical (unpaired) electrons. The van der Waals surface area contributed by atoms with Crippen LogP contribution in [0, 0.1) is 13.8 Å². The van der Waals surface area contributed by atoms with Crippen molar-refractivity contribution in [1.29, 1.82) is 0 Å². The molecule has 0 saturated heterocycles. The van der Waals surface area contributed by atoms with Gasteiger partial charge in [-0.2, -0.15) is 0 Å². The highest BCUT2D eigenvalue weighted by Crippen LogP contribution is 2.18. The normalized spacial score (nSPS) is 11.6. The van der Waals surface area contributed by atoms with E-state index in [9.17, 15) is 9.59 Å². The lowest BCUT2D eigenvalue weighted by Crippen LogP contribution is -2.47. The summed E-state index contributed by atoms with van der Waals surface area (Å²) < 4.78 is 5.26. The summed E-state index contributed by atoms with van der Waals surface area (Å²) in [6.07, 6.45) is 0.256. The van der Waals surface area contributed by atoms with Gasteiger partial charge in [0.15, 0.2) is 0 Å². The second kappa shape index (κ2) is 9.21. The van der Waals surface area contributed by atoms with E-state index in [4.69, 9.17) is 4.74 Å². The third-order valence-corrected chi connectivity index (χ3v) is 4.83. The van der Waals surface area contributed by atoms with Gasteiger partial charge in [-0.3, -0.25) is 9.59 Å². The van der Waals surface area contributed by atoms with Gasteiger partial charge in [-0.15, -0.1) is 0 Å². The molecule has 27 heavy (non-hydrogen) atoms. The Labute approximate surface area is 161 Å². The Morgan fingerprint density at radius 3 is 2.44 bits per heavy atom. The van der Waals surface area contributed by atoms with Crippen molar-refractivity contribution in [2.75, 3.05) is 14.2 Å². The molecule has 1 atom stereocenters. The van der Waals surface area contributed by atoms with Crippen molar-refractivity contribution in [2.45, 2.75) is 39.8 Å². The third-order valence-electron chi connectivity index (χ3n) is 4.83. The Balaban J connectivity index is 2.26. The number of rotatable bonds is 7. The molecule has 144 valence electrons. The van der Waals surface area contributed by atoms with Crippen LogP contribution in [0.1, 0.15) is 29.2 Å². The molecule has 0 fully saturated rings. The van der Waals surface area contributed by atoms with Crippen molar-refractivity contribution in [1.82, 2.24) is 10.2 Å². The molecule has 0 aliphatic heterocycles. The Morgan fingerprint density at radius 2 is 1.81 bits per heavy atom. The van der Waals surface area contributed by atoms with E-state index in [0.717, 1.165) is 22.4 Å². The van der Waals surface area contributed by atoms with Crippen molar-refractivity contribution in [3.8, 4) is 5.75 Å². The molecular formula is C22H28N2O3. The number of amides is 2. The van der Waals surface area contributed by atoms with Gasteiger partial charge in [0.2, 0.25) is 11.8 Å². The van der Waals surface area contributed by atoms with Crippen LogP contribution < -0.4 is 10.1 Å². The highest BCUT2D eigenvalue weighted by Gasteiger charge is 2.25. The maximum absolute atomic E-state index is 13.0. The Hall–Kier alpha value is -2.82. The van der Waals surface area contributed by atoms with E-state index in [2.05, 4.69) is 5.32 Å². The quantitative estimate of drug-likeness (QED) is 0.817. The first-order valence-electron chi connectivity index (χ1n) is 9.05. The number of hydrogen-bond donors (Lipinski definition) is 1. The molecular weight excluding hydrogens is 340 g/mol. The van der Waals surface area contributed by atoms with Crippen molar-refractivity contribution >= 4 is 11.8 Å². The number of ether oxygens (including phenoxy) is 1. The van der Waals surface area contributed by atoms with Gasteiger partial charge in [-0.1, -0.05) is 30.3 Å². The van der Waals surface area contributed by atoms with Crippen LogP contribution in [0.25, 0.3) is 0 Å². The highest BCUT2D eigenvalue weighted by molar-refractivity contribution is 5.88. The van der Waals surface area contributed by atoms with Crippen LogP contribution in [0.15, 0.2) is 42.5 Å². The molecule has 2 aromatic carbocycles. The molecule has 0 heterocycles. The predicted octanol–water partition coefficient (Wildman–Crippen LogP) is 3.02. The van der Waals surface area contributed by atoms with Crippen molar-refractivity contribution in [3.63, 3.8) is 0 Å². The largest absolute Gasteiger partial charge is 0.497 e. The Kier molecular flexibility index (Phi) is 6.99. The number of nitrogens with zero attached hydrogens (tertiary/aromatic N) is 1. The first-order chi connectivity index (χ1) is 12.8. The molecule has 1 N–H and O–H groups in total. The zero-order chi connectivity index (χ0) is 20.0. The van der Waals surface area contributed by atoms with Crippen LogP contribution in [-0.4, -0.2) is 36.9 Å². The van der Waals surface area contributed by atoms with E-state index in [1.807, 2.05) is 56.3 Å². The number of benzene rings is 2. The monoisotopic (exact) mass is 368 g/mol. The molecule has 0 spiro atoms. The Bertz CT molecular complexity index is 817. The van der Waals surface area contributed by atoms with Gasteiger partial charge in [0.25, 0.3) is 0 Å². The van der Waals surface area contributed by atoms with Crippen LogP contribution in [0.3, 0.4) is 0 Å². The first kappa shape index (κ1) is 20.5. The average molecular weight is 368 g/mol. The van der Waals surface area contributed by atoms with Gasteiger partial charge < -0.3 is 15.0 Å². The molecule has 0 aliphatic rings. The maximum atomic E-state index is 13.0. The summed E-state index contributed by atoms with van der Waals surface area (Å²) in [6, 6.07) is 13.0. The number of carbonyl (C=O) groups excluding carboxylic acids is 2. The van der Waals surface area contributed by atoms with Gasteiger partial charge in [0.05, 0.1) is 13.5 Å². The number of aryl methyl sites for hydroxylation is 2. The number of carbonyl (C=O) groups is 2. The van der Waals surface area contributed by atoms with Crippen LogP contribution in [-0.2, 0) is 22.6 Å². The summed E-state index contributed by atoms with van der Waals surface area (Å²) in [5.74, 6) is 0.449. The molecule has 0 aliphatic carbocycles. The van der Waals surface area contributed by atoms with Crippen molar-refractivity contribution in [3.05, 3.63) is 64.7 Å². The summed E-state index contributed by atoms with van der Waals surface area (Å²) in [5, 5.41) is 2.63. The molecule has 2 rings (SSSR count). The number of methoxy groups -OCH3 is 1. The summed E-state index contributed by atoms with van der Waals surface area (Å²) in [6.45, 7) is 6.17. The number of nitrogens with one attached hydrogen (secondary N) is 1. The minimum Gasteiger partial charge on any atom is -0.497 e. The minimum atomic E-state index is -0.569. The molecule has 5 nitrogen and oxygen atoms in total. The fraction of sp³-hybridized carbons (Fsp3) is 0.364. The predicted molar refractivity (Wildman–Crippen MR) is 107 cm³/mol. The second-order valence-electron chi connectivity index (χ2n) is 6.76. The zero-order valence-corrected chi connectivity index (χ0v) is 16.7. The maximum Gasteiger partial charge on any atom is 0.242 e. The smallest absolute Gasteiger partial charge is 0.242 e. The molecule has 0 unspecified atom stereocenters. The highest BCUT2D eigenvalue weighted by atomic mass is 16.5. The fourth-order valence-corrected chi connectivity index (χ4v) is 2.95. The van der Waals surface area contributed by atoms with Crippen LogP contribution in [0.2, 0.25) is 0 Å². The fourth-order valence-electron chi connectivity index (χ4n) is 2.95. The van der Waals surface area contributed by atoms with Crippen LogP contribution >= 0.6 is 0 Å². The number of hydrogen-bond acceptors (Lipinski definition) is 3. The lowest BCUT2D eigenvalue weighted by atomic mass is 10.0. The molecule has 0 saturated carbocycles. The molecule has 2 aromatic rings. The molecule has 5 heteroatoms. The molecule has 0 aromatic heterocycles. The topological polar surface area (TPSA) is 58.6 Å². The summed E-state index contributed by atoms with van der Waals surface area (Å²) in [7, 11) is 3.19. The van der Waals surface area contributed by atoms with E-state index in [1.54, 1.807) is 26.0 Å². The summed E-state index contributed by atoms with van der Waals surface area (Å²) >= 11 is 0. The van der Waals surface area contributed by atoms with E-state index in [1.165, 1.54) is 5.56 Å². The van der Waals surface area contributed by atoms with E-state index in [0.29, 0.717) is 6.54 Å². The lowest BCUT2D eigenvalue weighted by Gasteiger charge is -2.28. The Morgan fingerprint density at radius 1 is 1.07 bits per heavy atom. The van der Waals surface area contributed by atoms with Gasteiger partial charge in [0.1, 0.15) is 11.8 Å². The van der Waals surface area contributed by atoms with E-state index < -0.39 is 6.04 Å². The van der Waals surface area contributed by atoms with Crippen molar-refractivity contribution in [2.24, 2.45) is 0 Å². The SMILES string of the molecule is CNC(=O)[C@@H](C)N(Cc1cccc(OC)c1)C(=O)Cc1ccc(C)c(C)c1. The zero-order valence-electron chi connectivity index (χ0n) is 16.7. The van der Waals surface area contributed by atoms with Crippen LogP contribution in [0.4, 0.5) is 0 Å². The average Bonchev–Trinajstić information content (AvgIpc) is 2.67. The standard InChI is InChI=1S/C22H28N2O3/c1-15-9-10-18(11-16(15)2)13-21(25)24(17(3)22(26)23-4)14-19-7-6-8-20(12-19)27-5/h6-12,17H,13-14H2,1-5H3,(H,23,26)/t17-/m1/s1. The third kappa shape index (κ3) is 5.33. The first-order valence-corrected chi connectivity index (χ1v) is 9.05. The number of likely N-dealkylation sites (N-methyl/N-ethyl adjacent to an activating group) is 1. The lowest BCUT2D eigenvalue weighted by molar-refractivity contribution is -0.139. The van der Waals surface area contributed by atoms with E-state index >= 15 is 0 Å². The summed E-state index contributed by atoms with van der Waals surface area (Å²) in [4.78, 5) is 26.9. The molecule has 0 bridgehead atoms. The van der Waals surface area contributed by atoms with Gasteiger partial charge in [0, 0.05) is 13.6 Å². The second-order valence-corrected chi connectivity index (χ2v) is 6.76. The van der Waals surface area contributed by atoms with E-state index in [-0.39, 0.29) is 18.2 Å².